The van der Waals surface area contributed by atoms with Crippen LogP contribution in [0.3, 0.4) is 0 Å². The van der Waals surface area contributed by atoms with E-state index in [1.807, 2.05) is 39.8 Å². The maximum atomic E-state index is 13.9. The lowest BCUT2D eigenvalue weighted by atomic mass is 10.0. The van der Waals surface area contributed by atoms with Crippen LogP contribution in [0.5, 0.6) is 0 Å². The van der Waals surface area contributed by atoms with Crippen LogP contribution in [0.4, 0.5) is 9.59 Å². The molecule has 5 heterocycles. The first-order valence-corrected chi connectivity index (χ1v) is 19.4. The van der Waals surface area contributed by atoms with Gasteiger partial charge in [0.25, 0.3) is 0 Å². The Balaban J connectivity index is 1.11. The van der Waals surface area contributed by atoms with Gasteiger partial charge in [-0.1, -0.05) is 33.8 Å². The number of aromatic nitrogens is 4. The highest BCUT2D eigenvalue weighted by Crippen LogP contribution is 2.34. The van der Waals surface area contributed by atoms with Gasteiger partial charge in [-0.25, -0.2) is 19.6 Å². The highest BCUT2D eigenvalue weighted by molar-refractivity contribution is 5.93. The number of rotatable bonds is 10. The van der Waals surface area contributed by atoms with E-state index < -0.39 is 30.3 Å². The van der Waals surface area contributed by atoms with Gasteiger partial charge in [0.05, 0.1) is 68.0 Å². The Kier molecular flexibility index (Phi) is 11.5. The summed E-state index contributed by atoms with van der Waals surface area (Å²) < 4.78 is 21.5. The van der Waals surface area contributed by atoms with Crippen molar-refractivity contribution in [2.45, 2.75) is 64.7 Å². The number of nitrogens with zero attached hydrogens (tertiary/aromatic N) is 4. The minimum Gasteiger partial charge on any atom is -0.456 e. The summed E-state index contributed by atoms with van der Waals surface area (Å²) in [6.45, 7) is 8.85. The lowest BCUT2D eigenvalue weighted by molar-refractivity contribution is -0.143. The minimum absolute atomic E-state index is 0.150. The Morgan fingerprint density at radius 3 is 1.93 bits per heavy atom. The number of carbonyl (C=O) groups is 4. The van der Waals surface area contributed by atoms with Gasteiger partial charge in [0.1, 0.15) is 40.9 Å². The van der Waals surface area contributed by atoms with Crippen molar-refractivity contribution in [3.63, 3.8) is 0 Å². The third-order valence-corrected chi connectivity index (χ3v) is 10.8. The van der Waals surface area contributed by atoms with Crippen LogP contribution in [0.25, 0.3) is 44.5 Å². The third kappa shape index (κ3) is 7.85. The minimum atomic E-state index is -0.799. The monoisotopic (exact) mass is 796 g/mol. The summed E-state index contributed by atoms with van der Waals surface area (Å²) in [6.07, 6.45) is 3.51. The summed E-state index contributed by atoms with van der Waals surface area (Å²) in [7, 11) is 2.52. The van der Waals surface area contributed by atoms with Crippen molar-refractivity contribution in [3.05, 3.63) is 70.7 Å². The summed E-state index contributed by atoms with van der Waals surface area (Å²) in [4.78, 5) is 84.5. The van der Waals surface area contributed by atoms with Crippen LogP contribution in [0.2, 0.25) is 0 Å². The lowest BCUT2D eigenvalue weighted by Gasteiger charge is -2.37. The number of hydrogen-bond acceptors (Lipinski definition) is 11. The first-order chi connectivity index (χ1) is 27.9. The van der Waals surface area contributed by atoms with E-state index in [9.17, 15) is 24.0 Å². The number of aromatic amines is 2. The zero-order chi connectivity index (χ0) is 41.2. The molecular formula is C41H48N8O9. The molecule has 2 aromatic carbocycles. The van der Waals surface area contributed by atoms with Crippen molar-refractivity contribution in [1.82, 2.24) is 40.4 Å². The topological polar surface area (TPSA) is 214 Å². The molecule has 0 spiro atoms. The van der Waals surface area contributed by atoms with Crippen LogP contribution in [-0.4, -0.2) is 106 Å². The van der Waals surface area contributed by atoms with Crippen molar-refractivity contribution >= 4 is 45.9 Å². The molecule has 7 rings (SSSR count). The fourth-order valence-electron chi connectivity index (χ4n) is 7.66. The van der Waals surface area contributed by atoms with E-state index in [-0.39, 0.29) is 41.7 Å². The van der Waals surface area contributed by atoms with E-state index in [0.717, 1.165) is 12.0 Å². The second-order valence-corrected chi connectivity index (χ2v) is 15.2. The largest absolute Gasteiger partial charge is 0.456 e. The van der Waals surface area contributed by atoms with Crippen LogP contribution in [0, 0.1) is 11.8 Å². The number of alkyl carbamates (subject to hydrolysis) is 2. The molecule has 0 radical (unpaired) electrons. The number of hydrogen-bond donors (Lipinski definition) is 4. The lowest BCUT2D eigenvalue weighted by Crippen LogP contribution is -2.54. The number of ether oxygens (including phenoxy) is 3. The van der Waals surface area contributed by atoms with Crippen LogP contribution in [0.15, 0.2) is 58.0 Å². The van der Waals surface area contributed by atoms with E-state index in [4.69, 9.17) is 18.6 Å². The Labute approximate surface area is 333 Å². The van der Waals surface area contributed by atoms with Gasteiger partial charge in [-0.3, -0.25) is 14.4 Å². The van der Waals surface area contributed by atoms with E-state index in [1.54, 1.807) is 46.5 Å². The molecule has 0 bridgehead atoms. The van der Waals surface area contributed by atoms with Gasteiger partial charge >= 0.3 is 12.2 Å². The van der Waals surface area contributed by atoms with Crippen molar-refractivity contribution in [2.75, 3.05) is 40.5 Å². The fraction of sp³-hybridized carbons (Fsp3) is 0.439. The van der Waals surface area contributed by atoms with Crippen molar-refractivity contribution < 1.29 is 37.8 Å². The number of nitrogens with one attached hydrogen (secondary N) is 4. The molecule has 2 aliphatic rings. The molecule has 0 aliphatic carbocycles. The highest BCUT2D eigenvalue weighted by atomic mass is 16.5. The average Bonchev–Trinajstić information content (AvgIpc) is 4.03. The zero-order valence-corrected chi connectivity index (χ0v) is 33.3. The first-order valence-electron chi connectivity index (χ1n) is 19.4. The maximum absolute atomic E-state index is 13.9. The van der Waals surface area contributed by atoms with Crippen molar-refractivity contribution in [1.29, 1.82) is 0 Å². The second kappa shape index (κ2) is 16.7. The van der Waals surface area contributed by atoms with E-state index in [1.165, 1.54) is 14.2 Å². The van der Waals surface area contributed by atoms with Crippen LogP contribution in [-0.2, 0) is 23.8 Å². The first kappa shape index (κ1) is 40.0. The maximum Gasteiger partial charge on any atom is 0.407 e. The van der Waals surface area contributed by atoms with Gasteiger partial charge in [0.15, 0.2) is 0 Å². The molecule has 3 aromatic heterocycles. The summed E-state index contributed by atoms with van der Waals surface area (Å²) in [6, 6.07) is 8.29. The molecule has 4 amide bonds. The van der Waals surface area contributed by atoms with Gasteiger partial charge in [0, 0.05) is 24.2 Å². The summed E-state index contributed by atoms with van der Waals surface area (Å²) in [5.41, 5.74) is 3.37. The Morgan fingerprint density at radius 1 is 0.759 bits per heavy atom. The third-order valence-electron chi connectivity index (χ3n) is 10.8. The molecule has 4 atom stereocenters. The summed E-state index contributed by atoms with van der Waals surface area (Å²) in [5.74, 6) is 0.328. The normalized spacial score (nSPS) is 18.1. The number of morpholine rings is 1. The predicted octanol–water partition coefficient (Wildman–Crippen LogP) is 5.05. The highest BCUT2D eigenvalue weighted by Gasteiger charge is 2.38. The number of imidazole rings is 2. The SMILES string of the molecule is COC(=O)N[C@H](C(=O)N1CCC[C@H]1c1ncc(-c2ccc3c(=O)c4cc(-c5cnc([C@@H]6COCCN6C(=O)[C@@H](NC(=O)OC)C(C)C)[nH]5)ccc4oc3c2)[nH]1)C(C)C. The number of fused-ring (bicyclic) bond motifs is 2. The number of H-pyrrole nitrogens is 2. The van der Waals surface area contributed by atoms with Gasteiger partial charge in [-0.05, 0) is 55.0 Å². The van der Waals surface area contributed by atoms with E-state index >= 15 is 0 Å². The molecule has 0 saturated carbocycles. The number of carbonyl (C=O) groups excluding carboxylic acids is 4. The van der Waals surface area contributed by atoms with E-state index in [2.05, 4.69) is 30.6 Å². The van der Waals surface area contributed by atoms with Gasteiger partial charge in [-0.2, -0.15) is 0 Å². The summed E-state index contributed by atoms with van der Waals surface area (Å²) in [5, 5.41) is 6.10. The zero-order valence-electron chi connectivity index (χ0n) is 33.3. The van der Waals surface area contributed by atoms with Gasteiger partial charge < -0.3 is 49.0 Å². The quantitative estimate of drug-likeness (QED) is 0.137. The summed E-state index contributed by atoms with van der Waals surface area (Å²) >= 11 is 0. The van der Waals surface area contributed by atoms with E-state index in [0.29, 0.717) is 76.7 Å². The Morgan fingerprint density at radius 2 is 1.33 bits per heavy atom. The molecule has 2 aliphatic heterocycles. The molecule has 2 saturated heterocycles. The molecule has 2 fully saturated rings. The van der Waals surface area contributed by atoms with Crippen LogP contribution in [0.1, 0.15) is 64.3 Å². The molecule has 17 heteroatoms. The Hall–Kier alpha value is -6.23. The molecule has 0 unspecified atom stereocenters. The average molecular weight is 797 g/mol. The predicted molar refractivity (Wildman–Crippen MR) is 212 cm³/mol. The molecular weight excluding hydrogens is 748 g/mol. The standard InChI is InChI=1S/C41H48N8O9/c1-21(2)33(46-40(53)55-5)38(51)48-13-7-8-29(48)36-42-19-28(44-36)24-9-11-25-32(17-24)58-31-12-10-23(16-26(31)35(25)50)27-18-43-37(45-27)30-20-57-15-14-49(30)39(52)34(22(3)4)47-41(54)56-6/h9-12,16-19,21-22,29-30,33-34H,7-8,13-15,20H2,1-6H3,(H,42,44)(H,43,45)(H,46,53)(H,47,54)/t29-,30-,33-,34-/m0/s1. The number of likely N-dealkylation sites (tertiary alicyclic amines) is 1. The van der Waals surface area contributed by atoms with Crippen molar-refractivity contribution in [2.24, 2.45) is 11.8 Å². The second-order valence-electron chi connectivity index (χ2n) is 15.2. The Bertz CT molecular complexity index is 2400. The molecule has 58 heavy (non-hydrogen) atoms. The molecule has 306 valence electrons. The number of benzene rings is 2. The van der Waals surface area contributed by atoms with Gasteiger partial charge in [-0.15, -0.1) is 0 Å². The van der Waals surface area contributed by atoms with Crippen LogP contribution < -0.4 is 16.1 Å². The molecule has 17 nitrogen and oxygen atoms in total. The van der Waals surface area contributed by atoms with Crippen molar-refractivity contribution in [3.8, 4) is 22.5 Å². The fourth-order valence-corrected chi connectivity index (χ4v) is 7.66. The molecule has 5 aromatic rings. The molecule has 4 N–H and O–H groups in total. The van der Waals surface area contributed by atoms with Crippen LogP contribution >= 0.6 is 0 Å². The smallest absolute Gasteiger partial charge is 0.407 e. The number of amides is 4. The number of methoxy groups -OCH3 is 2. The van der Waals surface area contributed by atoms with Gasteiger partial charge in [0.2, 0.25) is 17.2 Å².